The molecule has 5 heteroatoms. The number of aromatic carboxylic acids is 1. The molecule has 0 heterocycles. The van der Waals surface area contributed by atoms with E-state index in [2.05, 4.69) is 6.58 Å². The predicted octanol–water partition coefficient (Wildman–Crippen LogP) is 1.86. The zero-order chi connectivity index (χ0) is 12.2. The Bertz CT molecular complexity index is 524. The lowest BCUT2D eigenvalue weighted by Gasteiger charge is -1.99. The van der Waals surface area contributed by atoms with Gasteiger partial charge in [0, 0.05) is 5.41 Å². The van der Waals surface area contributed by atoms with Crippen LogP contribution in [0.1, 0.15) is 10.4 Å². The molecular weight excluding hydrogens is 228 g/mol. The topological polar surface area (TPSA) is 71.4 Å². The summed E-state index contributed by atoms with van der Waals surface area (Å²) in [5, 5.41) is 9.65. The van der Waals surface area contributed by atoms with Crippen molar-refractivity contribution in [1.29, 1.82) is 0 Å². The molecule has 0 saturated carbocycles. The van der Waals surface area contributed by atoms with Gasteiger partial charge in [0.1, 0.15) is 0 Å². The van der Waals surface area contributed by atoms with Crippen molar-refractivity contribution in [3.8, 4) is 0 Å². The molecule has 0 aliphatic heterocycles. The fourth-order valence-corrected chi connectivity index (χ4v) is 2.02. The molecule has 0 spiro atoms. The summed E-state index contributed by atoms with van der Waals surface area (Å²) in [4.78, 5) is 10.6. The van der Waals surface area contributed by atoms with Gasteiger partial charge in [-0.25, -0.2) is 13.2 Å². The van der Waals surface area contributed by atoms with Crippen molar-refractivity contribution >= 4 is 15.8 Å². The van der Waals surface area contributed by atoms with Gasteiger partial charge in [-0.1, -0.05) is 18.7 Å². The van der Waals surface area contributed by atoms with Gasteiger partial charge in [0.05, 0.1) is 10.5 Å². The van der Waals surface area contributed by atoms with Gasteiger partial charge in [-0.2, -0.15) is 0 Å². The summed E-state index contributed by atoms with van der Waals surface area (Å²) in [7, 11) is -3.51. The Balaban J connectivity index is 3.11. The summed E-state index contributed by atoms with van der Waals surface area (Å²) >= 11 is 0. The number of sulfone groups is 1. The minimum Gasteiger partial charge on any atom is -0.478 e. The number of carboxylic acids is 1. The fourth-order valence-electron chi connectivity index (χ4n) is 1.02. The summed E-state index contributed by atoms with van der Waals surface area (Å²) in [6.45, 7) is 3.37. The summed E-state index contributed by atoms with van der Waals surface area (Å²) in [6, 6.07) is 5.01. The molecule has 0 aromatic heterocycles. The molecule has 0 bridgehead atoms. The van der Waals surface area contributed by atoms with E-state index in [1.807, 2.05) is 0 Å². The second-order valence-electron chi connectivity index (χ2n) is 2.94. The van der Waals surface area contributed by atoms with Gasteiger partial charge in [0.2, 0.25) is 0 Å². The third kappa shape index (κ3) is 2.80. The van der Waals surface area contributed by atoms with Gasteiger partial charge >= 0.3 is 5.97 Å². The Morgan fingerprint density at radius 3 is 2.25 bits per heavy atom. The van der Waals surface area contributed by atoms with Crippen molar-refractivity contribution in [2.24, 2.45) is 0 Å². The van der Waals surface area contributed by atoms with Crippen LogP contribution >= 0.6 is 0 Å². The van der Waals surface area contributed by atoms with Crippen molar-refractivity contribution in [3.05, 3.63) is 54.0 Å². The highest BCUT2D eigenvalue weighted by Gasteiger charge is 2.10. The first-order valence-electron chi connectivity index (χ1n) is 4.35. The van der Waals surface area contributed by atoms with E-state index in [0.29, 0.717) is 0 Å². The van der Waals surface area contributed by atoms with E-state index in [4.69, 9.17) is 5.11 Å². The molecule has 1 aromatic carbocycles. The third-order valence-electron chi connectivity index (χ3n) is 1.82. The van der Waals surface area contributed by atoms with Crippen LogP contribution in [-0.2, 0) is 9.84 Å². The molecule has 1 rings (SSSR count). The van der Waals surface area contributed by atoms with Crippen molar-refractivity contribution in [1.82, 2.24) is 0 Å². The average molecular weight is 238 g/mol. The van der Waals surface area contributed by atoms with E-state index in [1.54, 1.807) is 0 Å². The molecule has 16 heavy (non-hydrogen) atoms. The van der Waals surface area contributed by atoms with Crippen LogP contribution in [0.2, 0.25) is 0 Å². The molecule has 4 nitrogen and oxygen atoms in total. The van der Waals surface area contributed by atoms with Crippen LogP contribution in [-0.4, -0.2) is 19.5 Å². The smallest absolute Gasteiger partial charge is 0.335 e. The number of carboxylic acid groups (broad SMARTS) is 1. The van der Waals surface area contributed by atoms with E-state index in [0.717, 1.165) is 5.41 Å². The number of carbonyl (C=O) groups is 1. The first kappa shape index (κ1) is 12.2. The number of hydrogen-bond acceptors (Lipinski definition) is 3. The minimum atomic E-state index is -3.51. The van der Waals surface area contributed by atoms with E-state index in [9.17, 15) is 13.2 Å². The van der Waals surface area contributed by atoms with Crippen LogP contribution in [0, 0.1) is 0 Å². The zero-order valence-electron chi connectivity index (χ0n) is 8.33. The van der Waals surface area contributed by atoms with Gasteiger partial charge in [-0.3, -0.25) is 0 Å². The van der Waals surface area contributed by atoms with Crippen LogP contribution in [0.15, 0.2) is 53.3 Å². The van der Waals surface area contributed by atoms with Crippen LogP contribution < -0.4 is 0 Å². The lowest BCUT2D eigenvalue weighted by molar-refractivity contribution is 0.0697. The fraction of sp³-hybridized carbons (Fsp3) is 0. The average Bonchev–Trinajstić information content (AvgIpc) is 2.26. The Labute approximate surface area is 93.5 Å². The van der Waals surface area contributed by atoms with Crippen LogP contribution in [0.25, 0.3) is 0 Å². The quantitative estimate of drug-likeness (QED) is 0.813. The number of benzene rings is 1. The maximum absolute atomic E-state index is 11.6. The molecule has 0 atom stereocenters. The molecule has 0 aliphatic carbocycles. The molecule has 84 valence electrons. The summed E-state index contributed by atoms with van der Waals surface area (Å²) in [6.07, 6.45) is 2.66. The molecule has 0 aliphatic rings. The largest absolute Gasteiger partial charge is 0.478 e. The monoisotopic (exact) mass is 238 g/mol. The first-order chi connectivity index (χ1) is 7.47. The maximum atomic E-state index is 11.6. The Hall–Kier alpha value is -1.88. The Morgan fingerprint density at radius 1 is 1.25 bits per heavy atom. The molecule has 1 N–H and O–H groups in total. The number of hydrogen-bond donors (Lipinski definition) is 1. The molecule has 0 saturated heterocycles. The summed E-state index contributed by atoms with van der Waals surface area (Å²) in [5.74, 6) is -1.09. The van der Waals surface area contributed by atoms with E-state index >= 15 is 0 Å². The Morgan fingerprint density at radius 2 is 1.81 bits per heavy atom. The number of allylic oxidation sites excluding steroid dienone is 2. The van der Waals surface area contributed by atoms with E-state index in [1.165, 1.54) is 36.4 Å². The Kier molecular flexibility index (Phi) is 3.63. The SMILES string of the molecule is C=C/C=C/S(=O)(=O)c1ccc(C(=O)O)cc1. The lowest BCUT2D eigenvalue weighted by atomic mass is 10.2. The second kappa shape index (κ2) is 4.76. The minimum absolute atomic E-state index is 0.0478. The normalized spacial score (nSPS) is 11.5. The van der Waals surface area contributed by atoms with Crippen molar-refractivity contribution < 1.29 is 18.3 Å². The molecule has 1 aromatic rings. The molecule has 0 radical (unpaired) electrons. The lowest BCUT2D eigenvalue weighted by Crippen LogP contribution is -1.99. The summed E-state index contributed by atoms with van der Waals surface area (Å²) < 4.78 is 23.2. The van der Waals surface area contributed by atoms with Crippen LogP contribution in [0.3, 0.4) is 0 Å². The van der Waals surface area contributed by atoms with Gasteiger partial charge < -0.3 is 5.11 Å². The molecule has 0 unspecified atom stereocenters. The third-order valence-corrected chi connectivity index (χ3v) is 3.27. The molecule has 0 amide bonds. The first-order valence-corrected chi connectivity index (χ1v) is 5.89. The molecule has 0 fully saturated rings. The van der Waals surface area contributed by atoms with Crippen molar-refractivity contribution in [3.63, 3.8) is 0 Å². The van der Waals surface area contributed by atoms with Crippen molar-refractivity contribution in [2.45, 2.75) is 4.90 Å². The standard InChI is InChI=1S/C11H10O4S/c1-2-3-8-16(14,15)10-6-4-9(5-7-10)11(12)13/h2-8H,1H2,(H,12,13)/b8-3+. The highest BCUT2D eigenvalue weighted by atomic mass is 32.2. The van der Waals surface area contributed by atoms with Gasteiger partial charge in [0.15, 0.2) is 9.84 Å². The van der Waals surface area contributed by atoms with E-state index in [-0.39, 0.29) is 10.5 Å². The van der Waals surface area contributed by atoms with Crippen LogP contribution in [0.4, 0.5) is 0 Å². The van der Waals surface area contributed by atoms with Crippen LogP contribution in [0.5, 0.6) is 0 Å². The molecular formula is C11H10O4S. The maximum Gasteiger partial charge on any atom is 0.335 e. The van der Waals surface area contributed by atoms with Crippen molar-refractivity contribution in [2.75, 3.05) is 0 Å². The number of rotatable bonds is 4. The highest BCUT2D eigenvalue weighted by molar-refractivity contribution is 7.94. The summed E-state index contributed by atoms with van der Waals surface area (Å²) in [5.41, 5.74) is 0.0478. The second-order valence-corrected chi connectivity index (χ2v) is 4.77. The van der Waals surface area contributed by atoms with Gasteiger partial charge in [-0.15, -0.1) is 0 Å². The zero-order valence-corrected chi connectivity index (χ0v) is 9.15. The van der Waals surface area contributed by atoms with E-state index < -0.39 is 15.8 Å². The van der Waals surface area contributed by atoms with Gasteiger partial charge in [-0.05, 0) is 24.3 Å². The predicted molar refractivity (Wildman–Crippen MR) is 59.9 cm³/mol. The van der Waals surface area contributed by atoms with Gasteiger partial charge in [0.25, 0.3) is 0 Å². The highest BCUT2D eigenvalue weighted by Crippen LogP contribution is 2.13.